The van der Waals surface area contributed by atoms with E-state index in [0.29, 0.717) is 24.8 Å². The monoisotopic (exact) mass is 209 g/mol. The van der Waals surface area contributed by atoms with Gasteiger partial charge in [-0.1, -0.05) is 6.42 Å². The quantitative estimate of drug-likeness (QED) is 0.740. The number of hydrogen-bond acceptors (Lipinski definition) is 2. The summed E-state index contributed by atoms with van der Waals surface area (Å²) in [5.41, 5.74) is 5.87. The number of rotatable bonds is 3. The summed E-state index contributed by atoms with van der Waals surface area (Å²) in [7, 11) is 0. The molecule has 3 saturated carbocycles. The Balaban J connectivity index is 1.88. The van der Waals surface area contributed by atoms with Crippen LogP contribution >= 0.6 is 0 Å². The van der Waals surface area contributed by atoms with Crippen molar-refractivity contribution in [1.29, 1.82) is 0 Å². The minimum Gasteiger partial charge on any atom is -0.481 e. The number of hydrogen-bond donors (Lipinski definition) is 2. The minimum atomic E-state index is -0.658. The van der Waals surface area contributed by atoms with E-state index in [1.54, 1.807) is 0 Å². The third kappa shape index (κ3) is 1.07. The lowest BCUT2D eigenvalue weighted by Gasteiger charge is -2.59. The molecular formula is C12H19NO2. The molecule has 3 aliphatic carbocycles. The summed E-state index contributed by atoms with van der Waals surface area (Å²) in [6.45, 7) is 0.581. The maximum atomic E-state index is 11.0. The first-order valence-electron chi connectivity index (χ1n) is 6.09. The Kier molecular flexibility index (Phi) is 1.91. The highest BCUT2D eigenvalue weighted by atomic mass is 16.4. The van der Waals surface area contributed by atoms with E-state index in [-0.39, 0.29) is 5.41 Å². The molecule has 84 valence electrons. The molecule has 0 unspecified atom stereocenters. The number of nitrogens with two attached hydrogens (primary N) is 1. The molecule has 0 aliphatic heterocycles. The molecule has 0 heterocycles. The van der Waals surface area contributed by atoms with Crippen molar-refractivity contribution in [3.05, 3.63) is 0 Å². The zero-order valence-corrected chi connectivity index (χ0v) is 8.98. The third-order valence-corrected chi connectivity index (χ3v) is 5.45. The van der Waals surface area contributed by atoms with Gasteiger partial charge < -0.3 is 10.8 Å². The fraction of sp³-hybridized carbons (Fsp3) is 0.917. The molecule has 3 fully saturated rings. The van der Waals surface area contributed by atoms with E-state index >= 15 is 0 Å². The average Bonchev–Trinajstić information content (AvgIpc) is 2.40. The first-order valence-corrected chi connectivity index (χ1v) is 6.09. The van der Waals surface area contributed by atoms with Gasteiger partial charge in [-0.05, 0) is 54.9 Å². The molecule has 0 spiro atoms. The van der Waals surface area contributed by atoms with Crippen LogP contribution in [0.3, 0.4) is 0 Å². The molecule has 0 saturated heterocycles. The van der Waals surface area contributed by atoms with E-state index in [1.165, 1.54) is 25.7 Å². The third-order valence-electron chi connectivity index (χ3n) is 5.45. The van der Waals surface area contributed by atoms with Crippen LogP contribution in [0.2, 0.25) is 0 Å². The molecular weight excluding hydrogens is 190 g/mol. The maximum Gasteiger partial charge on any atom is 0.303 e. The molecule has 15 heavy (non-hydrogen) atoms. The highest BCUT2D eigenvalue weighted by Gasteiger charge is 2.65. The zero-order valence-electron chi connectivity index (χ0n) is 8.98. The number of carboxylic acids is 1. The van der Waals surface area contributed by atoms with Gasteiger partial charge in [-0.2, -0.15) is 0 Å². The average molecular weight is 209 g/mol. The van der Waals surface area contributed by atoms with Crippen LogP contribution in [-0.2, 0) is 4.79 Å². The van der Waals surface area contributed by atoms with Gasteiger partial charge >= 0.3 is 5.97 Å². The second-order valence-electron chi connectivity index (χ2n) is 5.80. The second kappa shape index (κ2) is 2.97. The standard InChI is InChI=1S/C12H19NO2/c13-6-12(5-11(14)15)9-2-1-7-3-8(9)10(12)4-7/h7-10H,1-6,13H2,(H,14,15)/t7-,8-,9+,10-,12+/m1/s1. The van der Waals surface area contributed by atoms with E-state index in [0.717, 1.165) is 11.8 Å². The van der Waals surface area contributed by atoms with Crippen LogP contribution < -0.4 is 5.73 Å². The van der Waals surface area contributed by atoms with Gasteiger partial charge in [0.2, 0.25) is 0 Å². The van der Waals surface area contributed by atoms with Crippen molar-refractivity contribution < 1.29 is 9.90 Å². The van der Waals surface area contributed by atoms with Crippen LogP contribution in [0.1, 0.15) is 32.1 Å². The summed E-state index contributed by atoms with van der Waals surface area (Å²) in [4.78, 5) is 11.0. The summed E-state index contributed by atoms with van der Waals surface area (Å²) in [5, 5.41) is 9.04. The molecule has 3 aliphatic rings. The fourth-order valence-electron chi connectivity index (χ4n) is 4.94. The molecule has 0 aromatic heterocycles. The lowest BCUT2D eigenvalue weighted by molar-refractivity contribution is -0.156. The Hall–Kier alpha value is -0.570. The van der Waals surface area contributed by atoms with Crippen LogP contribution in [-0.4, -0.2) is 17.6 Å². The van der Waals surface area contributed by atoms with Gasteiger partial charge in [0.15, 0.2) is 0 Å². The topological polar surface area (TPSA) is 63.3 Å². The summed E-state index contributed by atoms with van der Waals surface area (Å²) in [6, 6.07) is 0. The minimum absolute atomic E-state index is 0.0260. The largest absolute Gasteiger partial charge is 0.481 e. The molecule has 0 amide bonds. The molecule has 2 bridgehead atoms. The van der Waals surface area contributed by atoms with Gasteiger partial charge in [-0.25, -0.2) is 0 Å². The predicted molar refractivity (Wildman–Crippen MR) is 56.2 cm³/mol. The number of aliphatic carboxylic acids is 1. The van der Waals surface area contributed by atoms with Crippen LogP contribution in [0, 0.1) is 29.1 Å². The highest BCUT2D eigenvalue weighted by molar-refractivity contribution is 5.68. The van der Waals surface area contributed by atoms with E-state index in [2.05, 4.69) is 0 Å². The summed E-state index contributed by atoms with van der Waals surface area (Å²) in [5.74, 6) is 2.32. The smallest absolute Gasteiger partial charge is 0.303 e. The maximum absolute atomic E-state index is 11.0. The Morgan fingerprint density at radius 2 is 2.13 bits per heavy atom. The molecule has 0 radical (unpaired) electrons. The molecule has 5 atom stereocenters. The van der Waals surface area contributed by atoms with E-state index in [1.807, 2.05) is 0 Å². The van der Waals surface area contributed by atoms with Gasteiger partial charge in [-0.3, -0.25) is 4.79 Å². The van der Waals surface area contributed by atoms with Gasteiger partial charge in [0.25, 0.3) is 0 Å². The van der Waals surface area contributed by atoms with Gasteiger partial charge in [0.1, 0.15) is 0 Å². The van der Waals surface area contributed by atoms with E-state index in [4.69, 9.17) is 10.8 Å². The van der Waals surface area contributed by atoms with Crippen LogP contribution in [0.15, 0.2) is 0 Å². The van der Waals surface area contributed by atoms with Crippen molar-refractivity contribution in [1.82, 2.24) is 0 Å². The molecule has 3 rings (SSSR count). The van der Waals surface area contributed by atoms with E-state index < -0.39 is 5.97 Å². The Bertz CT molecular complexity index is 296. The van der Waals surface area contributed by atoms with Crippen molar-refractivity contribution in [2.24, 2.45) is 34.8 Å². The molecule has 3 nitrogen and oxygen atoms in total. The van der Waals surface area contributed by atoms with E-state index in [9.17, 15) is 4.79 Å². The Morgan fingerprint density at radius 1 is 1.33 bits per heavy atom. The van der Waals surface area contributed by atoms with Crippen molar-refractivity contribution in [2.75, 3.05) is 6.54 Å². The van der Waals surface area contributed by atoms with Crippen LogP contribution in [0.25, 0.3) is 0 Å². The SMILES string of the molecule is NC[C@]1(CC(=O)O)[C@@H]2C[C@@H]3CC[C@H]1[C@H]2C3. The molecule has 0 aromatic rings. The van der Waals surface area contributed by atoms with Gasteiger partial charge in [0, 0.05) is 0 Å². The predicted octanol–water partition coefficient (Wildman–Crippen LogP) is 1.47. The normalized spacial score (nSPS) is 51.3. The Morgan fingerprint density at radius 3 is 2.80 bits per heavy atom. The zero-order chi connectivity index (χ0) is 10.6. The van der Waals surface area contributed by atoms with Gasteiger partial charge in [-0.15, -0.1) is 0 Å². The van der Waals surface area contributed by atoms with Gasteiger partial charge in [0.05, 0.1) is 6.42 Å². The summed E-state index contributed by atoms with van der Waals surface area (Å²) >= 11 is 0. The van der Waals surface area contributed by atoms with Crippen LogP contribution in [0.4, 0.5) is 0 Å². The highest BCUT2D eigenvalue weighted by Crippen LogP contribution is 2.70. The Labute approximate surface area is 90.0 Å². The summed E-state index contributed by atoms with van der Waals surface area (Å²) < 4.78 is 0. The van der Waals surface area contributed by atoms with Crippen molar-refractivity contribution in [3.63, 3.8) is 0 Å². The lowest BCUT2D eigenvalue weighted by atomic mass is 9.45. The fourth-order valence-corrected chi connectivity index (χ4v) is 4.94. The molecule has 0 aromatic carbocycles. The number of fused-ring (bicyclic) bond motifs is 1. The van der Waals surface area contributed by atoms with Crippen molar-refractivity contribution >= 4 is 5.97 Å². The van der Waals surface area contributed by atoms with Crippen molar-refractivity contribution in [2.45, 2.75) is 32.1 Å². The number of carbonyl (C=O) groups is 1. The van der Waals surface area contributed by atoms with Crippen LogP contribution in [0.5, 0.6) is 0 Å². The van der Waals surface area contributed by atoms with Crippen molar-refractivity contribution in [3.8, 4) is 0 Å². The lowest BCUT2D eigenvalue weighted by Crippen LogP contribution is -2.59. The second-order valence-corrected chi connectivity index (χ2v) is 5.80. The summed E-state index contributed by atoms with van der Waals surface area (Å²) in [6.07, 6.45) is 5.47. The number of carboxylic acid groups (broad SMARTS) is 1. The molecule has 3 N–H and O–H groups in total. The molecule has 3 heteroatoms. The first-order chi connectivity index (χ1) is 7.17. The first kappa shape index (κ1) is 9.64.